The Morgan fingerprint density at radius 1 is 1.33 bits per heavy atom. The summed E-state index contributed by atoms with van der Waals surface area (Å²) < 4.78 is 11.2. The van der Waals surface area contributed by atoms with Crippen LogP contribution >= 0.6 is 0 Å². The molecule has 2 atom stereocenters. The number of carbonyl (C=O) groups excluding carboxylic acids is 1. The fraction of sp³-hybridized carbons (Fsp3) is 0.611. The second-order valence-corrected chi connectivity index (χ2v) is 6.43. The Bertz CT molecular complexity index is 455. The van der Waals surface area contributed by atoms with Gasteiger partial charge in [0.15, 0.2) is 0 Å². The molecule has 0 radical (unpaired) electrons. The Morgan fingerprint density at radius 3 is 2.67 bits per heavy atom. The molecule has 1 aromatic carbocycles. The second kappa shape index (κ2) is 7.08. The van der Waals surface area contributed by atoms with E-state index >= 15 is 0 Å². The number of hydrogen-bond acceptors (Lipinski definition) is 3. The van der Waals surface area contributed by atoms with Crippen LogP contribution in [-0.2, 0) is 20.7 Å². The minimum atomic E-state index is -0.523. The molecule has 0 bridgehead atoms. The van der Waals surface area contributed by atoms with E-state index in [1.807, 2.05) is 18.2 Å². The molecule has 0 aliphatic heterocycles. The van der Waals surface area contributed by atoms with Crippen molar-refractivity contribution in [3.05, 3.63) is 35.9 Å². The molecular formula is C18H26O3. The molecule has 2 rings (SSSR count). The first-order chi connectivity index (χ1) is 10.1. The lowest BCUT2D eigenvalue weighted by atomic mass is 9.78. The van der Waals surface area contributed by atoms with Gasteiger partial charge in [0.2, 0.25) is 0 Å². The van der Waals surface area contributed by atoms with E-state index in [1.165, 1.54) is 5.56 Å². The van der Waals surface area contributed by atoms with Gasteiger partial charge in [-0.15, -0.1) is 0 Å². The predicted molar refractivity (Wildman–Crippen MR) is 83.0 cm³/mol. The highest BCUT2D eigenvalue weighted by atomic mass is 16.5. The highest BCUT2D eigenvalue weighted by Crippen LogP contribution is 2.44. The van der Waals surface area contributed by atoms with E-state index < -0.39 is 5.41 Å². The highest BCUT2D eigenvalue weighted by Gasteiger charge is 2.50. The molecule has 0 N–H and O–H groups in total. The van der Waals surface area contributed by atoms with E-state index in [0.29, 0.717) is 18.9 Å². The molecule has 0 spiro atoms. The van der Waals surface area contributed by atoms with Gasteiger partial charge in [-0.05, 0) is 37.2 Å². The van der Waals surface area contributed by atoms with Crippen LogP contribution in [0.5, 0.6) is 0 Å². The molecule has 0 saturated heterocycles. The largest absolute Gasteiger partial charge is 0.465 e. The first-order valence-electron chi connectivity index (χ1n) is 7.82. The first-order valence-corrected chi connectivity index (χ1v) is 7.82. The molecular weight excluding hydrogens is 264 g/mol. The number of benzene rings is 1. The van der Waals surface area contributed by atoms with Gasteiger partial charge in [-0.25, -0.2) is 0 Å². The predicted octanol–water partition coefficient (Wildman–Crippen LogP) is 3.61. The van der Waals surface area contributed by atoms with Crippen LogP contribution in [0.3, 0.4) is 0 Å². The summed E-state index contributed by atoms with van der Waals surface area (Å²) in [7, 11) is 1.70. The second-order valence-electron chi connectivity index (χ2n) is 6.43. The topological polar surface area (TPSA) is 35.5 Å². The van der Waals surface area contributed by atoms with Gasteiger partial charge >= 0.3 is 5.97 Å². The summed E-state index contributed by atoms with van der Waals surface area (Å²) in [6.45, 7) is 4.59. The van der Waals surface area contributed by atoms with Crippen LogP contribution in [-0.4, -0.2) is 25.8 Å². The zero-order chi connectivity index (χ0) is 15.3. The molecule has 0 amide bonds. The third-order valence-electron chi connectivity index (χ3n) is 4.31. The standard InChI is InChI=1S/C18H26O3/c1-14(2)13-21-17(19)18(11-7-10-16(18)20-3)12-15-8-5-4-6-9-15/h4-6,8-9,14,16H,7,10-13H2,1-3H3. The van der Waals surface area contributed by atoms with Gasteiger partial charge in [0.25, 0.3) is 0 Å². The van der Waals surface area contributed by atoms with E-state index in [-0.39, 0.29) is 12.1 Å². The van der Waals surface area contributed by atoms with Gasteiger partial charge in [0.05, 0.1) is 18.1 Å². The lowest BCUT2D eigenvalue weighted by Crippen LogP contribution is -2.43. The Balaban J connectivity index is 2.20. The van der Waals surface area contributed by atoms with Crippen molar-refractivity contribution in [3.8, 4) is 0 Å². The number of rotatable bonds is 6. The maximum Gasteiger partial charge on any atom is 0.315 e. The van der Waals surface area contributed by atoms with Gasteiger partial charge < -0.3 is 9.47 Å². The van der Waals surface area contributed by atoms with Crippen LogP contribution in [0.15, 0.2) is 30.3 Å². The summed E-state index contributed by atoms with van der Waals surface area (Å²) in [5, 5.41) is 0. The van der Waals surface area contributed by atoms with Gasteiger partial charge in [-0.2, -0.15) is 0 Å². The zero-order valence-electron chi connectivity index (χ0n) is 13.3. The number of hydrogen-bond donors (Lipinski definition) is 0. The Kier molecular flexibility index (Phi) is 5.40. The van der Waals surface area contributed by atoms with Crippen molar-refractivity contribution in [2.24, 2.45) is 11.3 Å². The maximum atomic E-state index is 12.7. The van der Waals surface area contributed by atoms with Crippen LogP contribution in [0.25, 0.3) is 0 Å². The van der Waals surface area contributed by atoms with E-state index in [2.05, 4.69) is 26.0 Å². The van der Waals surface area contributed by atoms with Crippen LogP contribution in [0, 0.1) is 11.3 Å². The minimum Gasteiger partial charge on any atom is -0.465 e. The Hall–Kier alpha value is -1.35. The lowest BCUT2D eigenvalue weighted by Gasteiger charge is -2.32. The number of carbonyl (C=O) groups is 1. The van der Waals surface area contributed by atoms with Gasteiger partial charge in [-0.3, -0.25) is 4.79 Å². The van der Waals surface area contributed by atoms with Gasteiger partial charge in [-0.1, -0.05) is 44.2 Å². The van der Waals surface area contributed by atoms with E-state index in [9.17, 15) is 4.79 Å². The smallest absolute Gasteiger partial charge is 0.315 e. The average molecular weight is 290 g/mol. The summed E-state index contributed by atoms with van der Waals surface area (Å²) in [6, 6.07) is 10.2. The molecule has 1 saturated carbocycles. The molecule has 21 heavy (non-hydrogen) atoms. The fourth-order valence-electron chi connectivity index (χ4n) is 3.24. The number of methoxy groups -OCH3 is 1. The molecule has 3 heteroatoms. The average Bonchev–Trinajstić information content (AvgIpc) is 2.89. The normalized spacial score (nSPS) is 25.2. The lowest BCUT2D eigenvalue weighted by molar-refractivity contribution is -0.164. The quantitative estimate of drug-likeness (QED) is 0.751. The third kappa shape index (κ3) is 3.65. The summed E-state index contributed by atoms with van der Waals surface area (Å²) in [6.07, 6.45) is 3.44. The van der Waals surface area contributed by atoms with Crippen molar-refractivity contribution in [2.75, 3.05) is 13.7 Å². The van der Waals surface area contributed by atoms with Gasteiger partial charge in [0, 0.05) is 7.11 Å². The molecule has 0 heterocycles. The Labute approximate surface area is 127 Å². The van der Waals surface area contributed by atoms with Gasteiger partial charge in [0.1, 0.15) is 0 Å². The molecule has 2 unspecified atom stereocenters. The van der Waals surface area contributed by atoms with Crippen LogP contribution in [0.2, 0.25) is 0 Å². The summed E-state index contributed by atoms with van der Waals surface area (Å²) >= 11 is 0. The highest BCUT2D eigenvalue weighted by molar-refractivity contribution is 5.78. The number of ether oxygens (including phenoxy) is 2. The van der Waals surface area contributed by atoms with Crippen molar-refractivity contribution in [2.45, 2.75) is 45.6 Å². The molecule has 1 aliphatic rings. The molecule has 1 aromatic rings. The molecule has 1 aliphatic carbocycles. The van der Waals surface area contributed by atoms with Crippen LogP contribution in [0.1, 0.15) is 38.7 Å². The number of esters is 1. The fourth-order valence-corrected chi connectivity index (χ4v) is 3.24. The van der Waals surface area contributed by atoms with Crippen LogP contribution < -0.4 is 0 Å². The van der Waals surface area contributed by atoms with Crippen molar-refractivity contribution in [1.82, 2.24) is 0 Å². The third-order valence-corrected chi connectivity index (χ3v) is 4.31. The zero-order valence-corrected chi connectivity index (χ0v) is 13.3. The summed E-state index contributed by atoms with van der Waals surface area (Å²) in [4.78, 5) is 12.7. The van der Waals surface area contributed by atoms with Crippen molar-refractivity contribution in [1.29, 1.82) is 0 Å². The van der Waals surface area contributed by atoms with Crippen LogP contribution in [0.4, 0.5) is 0 Å². The van der Waals surface area contributed by atoms with E-state index in [0.717, 1.165) is 19.3 Å². The molecule has 116 valence electrons. The molecule has 1 fully saturated rings. The van der Waals surface area contributed by atoms with Crippen molar-refractivity contribution < 1.29 is 14.3 Å². The monoisotopic (exact) mass is 290 g/mol. The molecule has 0 aromatic heterocycles. The SMILES string of the molecule is COC1CCCC1(Cc1ccccc1)C(=O)OCC(C)C. The van der Waals surface area contributed by atoms with Crippen molar-refractivity contribution >= 4 is 5.97 Å². The first kappa shape index (κ1) is 16.0. The Morgan fingerprint density at radius 2 is 2.05 bits per heavy atom. The maximum absolute atomic E-state index is 12.7. The summed E-state index contributed by atoms with van der Waals surface area (Å²) in [5.41, 5.74) is 0.647. The molecule has 3 nitrogen and oxygen atoms in total. The van der Waals surface area contributed by atoms with E-state index in [1.54, 1.807) is 7.11 Å². The van der Waals surface area contributed by atoms with E-state index in [4.69, 9.17) is 9.47 Å². The van der Waals surface area contributed by atoms with Crippen molar-refractivity contribution in [3.63, 3.8) is 0 Å². The minimum absolute atomic E-state index is 0.0441. The summed E-state index contributed by atoms with van der Waals surface area (Å²) in [5.74, 6) is 0.259.